The minimum absolute atomic E-state index is 0.00741. The Balaban J connectivity index is 3.05. The Bertz CT molecular complexity index is 597. The Morgan fingerprint density at radius 1 is 1.53 bits per heavy atom. The summed E-state index contributed by atoms with van der Waals surface area (Å²) in [4.78, 5) is 11.5. The molecule has 5 nitrogen and oxygen atoms in total. The molecule has 0 fully saturated rings. The zero-order valence-corrected chi connectivity index (χ0v) is 10.1. The molecule has 0 aliphatic rings. The van der Waals surface area contributed by atoms with Crippen molar-refractivity contribution in [2.75, 3.05) is 12.4 Å². The Morgan fingerprint density at radius 2 is 2.26 bits per heavy atom. The maximum atomic E-state index is 13.1. The molecule has 1 aromatic carbocycles. The molecule has 0 atom stereocenters. The molecule has 0 amide bonds. The molecule has 1 aromatic rings. The number of anilines is 1. The number of hydrogen-bond acceptors (Lipinski definition) is 5. The van der Waals surface area contributed by atoms with Crippen molar-refractivity contribution in [1.82, 2.24) is 0 Å². The van der Waals surface area contributed by atoms with E-state index in [0.717, 1.165) is 6.07 Å². The zero-order valence-electron chi connectivity index (χ0n) is 10.1. The Morgan fingerprint density at radius 3 is 2.84 bits per heavy atom. The van der Waals surface area contributed by atoms with Gasteiger partial charge in [-0.2, -0.15) is 10.5 Å². The summed E-state index contributed by atoms with van der Waals surface area (Å²) in [6.45, 7) is 0. The van der Waals surface area contributed by atoms with Crippen LogP contribution in [-0.2, 0) is 4.74 Å². The van der Waals surface area contributed by atoms with Gasteiger partial charge in [-0.3, -0.25) is 0 Å². The van der Waals surface area contributed by atoms with Crippen LogP contribution in [0.1, 0.15) is 16.8 Å². The molecule has 0 aliphatic carbocycles. The van der Waals surface area contributed by atoms with Gasteiger partial charge < -0.3 is 10.1 Å². The van der Waals surface area contributed by atoms with E-state index in [2.05, 4.69) is 10.1 Å². The van der Waals surface area contributed by atoms with Crippen LogP contribution < -0.4 is 5.32 Å². The van der Waals surface area contributed by atoms with Crippen LogP contribution in [0.25, 0.3) is 0 Å². The molecule has 0 radical (unpaired) electrons. The van der Waals surface area contributed by atoms with Gasteiger partial charge in [-0.1, -0.05) is 0 Å². The van der Waals surface area contributed by atoms with E-state index in [1.807, 2.05) is 12.1 Å². The van der Waals surface area contributed by atoms with E-state index in [9.17, 15) is 9.18 Å². The van der Waals surface area contributed by atoms with E-state index in [-0.39, 0.29) is 17.6 Å². The molecule has 0 spiro atoms. The highest BCUT2D eigenvalue weighted by Gasteiger charge is 2.12. The first kappa shape index (κ1) is 14.2. The number of halogens is 1. The average molecular weight is 259 g/mol. The summed E-state index contributed by atoms with van der Waals surface area (Å²) in [6, 6.07) is 7.20. The fourth-order valence-corrected chi connectivity index (χ4v) is 1.29. The zero-order chi connectivity index (χ0) is 14.3. The van der Waals surface area contributed by atoms with Crippen LogP contribution in [0.4, 0.5) is 10.1 Å². The van der Waals surface area contributed by atoms with Crippen molar-refractivity contribution >= 4 is 11.7 Å². The summed E-state index contributed by atoms with van der Waals surface area (Å²) in [6.07, 6.45) is 1.24. The average Bonchev–Trinajstić information content (AvgIpc) is 2.43. The van der Waals surface area contributed by atoms with Gasteiger partial charge >= 0.3 is 5.97 Å². The second-order valence-electron chi connectivity index (χ2n) is 3.44. The minimum atomic E-state index is -0.700. The first-order valence-corrected chi connectivity index (χ1v) is 5.23. The van der Waals surface area contributed by atoms with Gasteiger partial charge in [-0.05, 0) is 18.2 Å². The van der Waals surface area contributed by atoms with Gasteiger partial charge in [0.15, 0.2) is 0 Å². The minimum Gasteiger partial charge on any atom is -0.465 e. The van der Waals surface area contributed by atoms with Crippen LogP contribution in [0, 0.1) is 28.5 Å². The molecule has 96 valence electrons. The van der Waals surface area contributed by atoms with E-state index in [0.29, 0.717) is 5.69 Å². The second-order valence-corrected chi connectivity index (χ2v) is 3.44. The number of carbonyl (C=O) groups excluding carboxylic acids is 1. The summed E-state index contributed by atoms with van der Waals surface area (Å²) >= 11 is 0. The van der Waals surface area contributed by atoms with Gasteiger partial charge in [0.1, 0.15) is 5.82 Å². The SMILES string of the molecule is COC(=O)c1cc(F)ccc1NC=C(C#N)CC#N. The van der Waals surface area contributed by atoms with Crippen LogP contribution in [-0.4, -0.2) is 13.1 Å². The first-order chi connectivity index (χ1) is 9.12. The number of benzene rings is 1. The summed E-state index contributed by atoms with van der Waals surface area (Å²) < 4.78 is 17.6. The lowest BCUT2D eigenvalue weighted by Crippen LogP contribution is -2.06. The van der Waals surface area contributed by atoms with Crippen LogP contribution in [0.15, 0.2) is 30.0 Å². The molecule has 6 heteroatoms. The Hall–Kier alpha value is -2.86. The summed E-state index contributed by atoms with van der Waals surface area (Å²) in [5.74, 6) is -1.28. The molecule has 0 aromatic heterocycles. The van der Waals surface area contributed by atoms with E-state index >= 15 is 0 Å². The smallest absolute Gasteiger partial charge is 0.340 e. The molecular weight excluding hydrogens is 249 g/mol. The number of esters is 1. The van der Waals surface area contributed by atoms with Crippen LogP contribution >= 0.6 is 0 Å². The van der Waals surface area contributed by atoms with E-state index in [4.69, 9.17) is 10.5 Å². The van der Waals surface area contributed by atoms with Gasteiger partial charge in [0, 0.05) is 6.20 Å². The topological polar surface area (TPSA) is 85.9 Å². The lowest BCUT2D eigenvalue weighted by molar-refractivity contribution is 0.0601. The maximum absolute atomic E-state index is 13.1. The molecule has 0 aliphatic heterocycles. The number of nitrogens with one attached hydrogen (secondary N) is 1. The molecule has 1 N–H and O–H groups in total. The Labute approximate surface area is 109 Å². The molecule has 0 bridgehead atoms. The highest BCUT2D eigenvalue weighted by Crippen LogP contribution is 2.18. The van der Waals surface area contributed by atoms with Crippen molar-refractivity contribution in [3.8, 4) is 12.1 Å². The number of ether oxygens (including phenoxy) is 1. The maximum Gasteiger partial charge on any atom is 0.340 e. The molecule has 0 unspecified atom stereocenters. The summed E-state index contributed by atoms with van der Waals surface area (Å²) in [7, 11) is 1.18. The summed E-state index contributed by atoms with van der Waals surface area (Å²) in [5, 5.41) is 19.9. The van der Waals surface area contributed by atoms with Crippen molar-refractivity contribution in [2.24, 2.45) is 0 Å². The highest BCUT2D eigenvalue weighted by molar-refractivity contribution is 5.95. The van der Waals surface area contributed by atoms with Crippen LogP contribution in [0.3, 0.4) is 0 Å². The predicted molar refractivity (Wildman–Crippen MR) is 65.3 cm³/mol. The predicted octanol–water partition coefficient (Wildman–Crippen LogP) is 2.35. The fraction of sp³-hybridized carbons (Fsp3) is 0.154. The van der Waals surface area contributed by atoms with Crippen LogP contribution in [0.5, 0.6) is 0 Å². The standard InChI is InChI=1S/C13H10FN3O2/c1-19-13(18)11-6-10(14)2-3-12(11)17-8-9(7-16)4-5-15/h2-3,6,8,17H,4H2,1H3. The fourth-order valence-electron chi connectivity index (χ4n) is 1.29. The lowest BCUT2D eigenvalue weighted by Gasteiger charge is -2.07. The van der Waals surface area contributed by atoms with Crippen molar-refractivity contribution in [1.29, 1.82) is 10.5 Å². The molecule has 0 saturated heterocycles. The number of hydrogen-bond donors (Lipinski definition) is 1. The van der Waals surface area contributed by atoms with E-state index in [1.54, 1.807) is 0 Å². The number of nitriles is 2. The number of allylic oxidation sites excluding steroid dienone is 1. The van der Waals surface area contributed by atoms with Gasteiger partial charge in [-0.15, -0.1) is 0 Å². The monoisotopic (exact) mass is 259 g/mol. The van der Waals surface area contributed by atoms with Crippen molar-refractivity contribution in [2.45, 2.75) is 6.42 Å². The van der Waals surface area contributed by atoms with E-state index in [1.165, 1.54) is 25.4 Å². The third-order valence-electron chi connectivity index (χ3n) is 2.20. The molecule has 0 saturated carbocycles. The normalized spacial score (nSPS) is 10.2. The summed E-state index contributed by atoms with van der Waals surface area (Å²) in [5.41, 5.74) is 0.495. The van der Waals surface area contributed by atoms with E-state index < -0.39 is 11.8 Å². The van der Waals surface area contributed by atoms with Gasteiger partial charge in [0.2, 0.25) is 0 Å². The Kier molecular flexibility index (Phi) is 5.06. The number of carbonyl (C=O) groups is 1. The van der Waals surface area contributed by atoms with Crippen molar-refractivity contribution < 1.29 is 13.9 Å². The number of rotatable bonds is 4. The van der Waals surface area contributed by atoms with Crippen LogP contribution in [0.2, 0.25) is 0 Å². The quantitative estimate of drug-likeness (QED) is 0.662. The highest BCUT2D eigenvalue weighted by atomic mass is 19.1. The second kappa shape index (κ2) is 6.77. The third-order valence-corrected chi connectivity index (χ3v) is 2.20. The molecule has 19 heavy (non-hydrogen) atoms. The number of nitrogens with zero attached hydrogens (tertiary/aromatic N) is 2. The van der Waals surface area contributed by atoms with Gasteiger partial charge in [-0.25, -0.2) is 9.18 Å². The van der Waals surface area contributed by atoms with Crippen molar-refractivity contribution in [3.63, 3.8) is 0 Å². The number of methoxy groups -OCH3 is 1. The lowest BCUT2D eigenvalue weighted by atomic mass is 10.1. The largest absolute Gasteiger partial charge is 0.465 e. The molecular formula is C13H10FN3O2. The molecule has 1 rings (SSSR count). The third kappa shape index (κ3) is 3.83. The van der Waals surface area contributed by atoms with Gasteiger partial charge in [0.05, 0.1) is 42.5 Å². The van der Waals surface area contributed by atoms with Crippen molar-refractivity contribution in [3.05, 3.63) is 41.4 Å². The first-order valence-electron chi connectivity index (χ1n) is 5.23. The molecule has 0 heterocycles. The van der Waals surface area contributed by atoms with Gasteiger partial charge in [0.25, 0.3) is 0 Å².